The maximum absolute atomic E-state index is 7.01. The Labute approximate surface area is 247 Å². The van der Waals surface area contributed by atoms with Crippen LogP contribution in [0.1, 0.15) is 16.7 Å². The number of ether oxygens (including phenoxy) is 3. The quantitative estimate of drug-likeness (QED) is 0.110. The highest BCUT2D eigenvalue weighted by molar-refractivity contribution is 7.41. The van der Waals surface area contributed by atoms with Gasteiger partial charge in [0.2, 0.25) is 0 Å². The number of rotatable bonds is 18. The third kappa shape index (κ3) is 9.48. The summed E-state index contributed by atoms with van der Waals surface area (Å²) in [4.78, 5) is 2.07. The van der Waals surface area contributed by atoms with Gasteiger partial charge in [-0.05, 0) is 55.1 Å². The molecule has 0 bridgehead atoms. The van der Waals surface area contributed by atoms with Crippen molar-refractivity contribution in [1.82, 2.24) is 4.90 Å². The molecule has 41 heavy (non-hydrogen) atoms. The van der Waals surface area contributed by atoms with Crippen molar-refractivity contribution in [2.45, 2.75) is 5.60 Å². The zero-order chi connectivity index (χ0) is 29.7. The topological polar surface area (TPSA) is 58.6 Å². The van der Waals surface area contributed by atoms with Gasteiger partial charge in [0.15, 0.2) is 0 Å². The fraction of sp³-hybridized carbons (Fsp3) is 0.438. The molecule has 0 saturated carbocycles. The molecule has 9 heteroatoms. The van der Waals surface area contributed by atoms with Crippen LogP contribution in [-0.2, 0) is 23.9 Å². The average molecular weight is 586 g/mol. The van der Waals surface area contributed by atoms with Crippen LogP contribution in [0.2, 0.25) is 0 Å². The van der Waals surface area contributed by atoms with E-state index in [1.54, 1.807) is 21.3 Å². The monoisotopic (exact) mass is 585 g/mol. The lowest BCUT2D eigenvalue weighted by Crippen LogP contribution is -2.46. The van der Waals surface area contributed by atoms with Gasteiger partial charge in [-0.1, -0.05) is 54.6 Å². The molecular formula is C32H46N2O6P+. The molecule has 0 aliphatic carbocycles. The molecule has 0 fully saturated rings. The standard InChI is InChI=1S/C32H46N2O6P/c1-33(2)21-24-39-41(37-7)40-26-23-34(3,4)22-25-38-32(27-11-9-8-10-12-27,28-13-17-30(35-5)18-14-28)29-15-19-31(36-6)20-16-29/h8-20H,21-26H2,1-7H3/q+1. The molecule has 1 unspecified atom stereocenters. The summed E-state index contributed by atoms with van der Waals surface area (Å²) in [6.45, 7) is 3.98. The summed E-state index contributed by atoms with van der Waals surface area (Å²) in [6, 6.07) is 26.6. The number of hydrogen-bond donors (Lipinski definition) is 0. The minimum Gasteiger partial charge on any atom is -0.497 e. The van der Waals surface area contributed by atoms with Crippen molar-refractivity contribution in [3.8, 4) is 11.5 Å². The lowest BCUT2D eigenvalue weighted by Gasteiger charge is -2.37. The van der Waals surface area contributed by atoms with E-state index in [4.69, 9.17) is 27.8 Å². The van der Waals surface area contributed by atoms with Crippen molar-refractivity contribution in [3.05, 3.63) is 95.6 Å². The first-order chi connectivity index (χ1) is 19.7. The minimum atomic E-state index is -1.36. The van der Waals surface area contributed by atoms with E-state index in [1.807, 2.05) is 56.6 Å². The van der Waals surface area contributed by atoms with Crippen LogP contribution in [0.15, 0.2) is 78.9 Å². The Morgan fingerprint density at radius 3 is 1.63 bits per heavy atom. The number of quaternary nitrogens is 1. The molecule has 3 rings (SSSR count). The van der Waals surface area contributed by atoms with Crippen LogP contribution >= 0.6 is 8.60 Å². The molecule has 3 aromatic carbocycles. The van der Waals surface area contributed by atoms with Gasteiger partial charge < -0.3 is 37.2 Å². The van der Waals surface area contributed by atoms with Crippen LogP contribution in [0.3, 0.4) is 0 Å². The Kier molecular flexibility index (Phi) is 13.0. The Morgan fingerprint density at radius 2 is 1.15 bits per heavy atom. The molecule has 0 aromatic heterocycles. The fourth-order valence-electron chi connectivity index (χ4n) is 4.44. The maximum atomic E-state index is 7.01. The van der Waals surface area contributed by atoms with Crippen LogP contribution in [0.5, 0.6) is 11.5 Å². The van der Waals surface area contributed by atoms with Crippen molar-refractivity contribution >= 4 is 8.60 Å². The van der Waals surface area contributed by atoms with Gasteiger partial charge in [0.05, 0.1) is 41.5 Å². The summed E-state index contributed by atoms with van der Waals surface area (Å²) < 4.78 is 35.7. The second-order valence-corrected chi connectivity index (χ2v) is 11.9. The number of benzene rings is 3. The van der Waals surface area contributed by atoms with Crippen LogP contribution in [0, 0.1) is 0 Å². The van der Waals surface area contributed by atoms with Gasteiger partial charge in [-0.15, -0.1) is 0 Å². The molecule has 0 saturated heterocycles. The first kappa shape index (κ1) is 33.0. The van der Waals surface area contributed by atoms with Crippen molar-refractivity contribution in [3.63, 3.8) is 0 Å². The van der Waals surface area contributed by atoms with E-state index in [-0.39, 0.29) is 0 Å². The summed E-state index contributed by atoms with van der Waals surface area (Å²) in [5, 5.41) is 0. The smallest absolute Gasteiger partial charge is 0.332 e. The molecule has 0 amide bonds. The molecular weight excluding hydrogens is 539 g/mol. The van der Waals surface area contributed by atoms with Crippen LogP contribution in [0.4, 0.5) is 0 Å². The molecule has 0 spiro atoms. The number of likely N-dealkylation sites (N-methyl/N-ethyl adjacent to an activating group) is 2. The lowest BCUT2D eigenvalue weighted by molar-refractivity contribution is -0.890. The summed E-state index contributed by atoms with van der Waals surface area (Å²) in [7, 11) is 12.0. The normalized spacial score (nSPS) is 12.9. The third-order valence-corrected chi connectivity index (χ3v) is 8.05. The van der Waals surface area contributed by atoms with Crippen molar-refractivity contribution < 1.29 is 32.3 Å². The molecule has 0 radical (unpaired) electrons. The van der Waals surface area contributed by atoms with E-state index in [1.165, 1.54) is 0 Å². The van der Waals surface area contributed by atoms with E-state index in [9.17, 15) is 0 Å². The molecule has 3 aromatic rings. The molecule has 8 nitrogen and oxygen atoms in total. The van der Waals surface area contributed by atoms with E-state index in [2.05, 4.69) is 55.4 Å². The molecule has 0 heterocycles. The second-order valence-electron chi connectivity index (χ2n) is 10.6. The Hall–Kier alpha value is -2.55. The lowest BCUT2D eigenvalue weighted by atomic mass is 9.80. The van der Waals surface area contributed by atoms with Crippen molar-refractivity contribution in [1.29, 1.82) is 0 Å². The Morgan fingerprint density at radius 1 is 0.659 bits per heavy atom. The van der Waals surface area contributed by atoms with Crippen molar-refractivity contribution in [2.24, 2.45) is 0 Å². The zero-order valence-corrected chi connectivity index (χ0v) is 26.4. The molecule has 0 N–H and O–H groups in total. The van der Waals surface area contributed by atoms with Gasteiger partial charge in [-0.25, -0.2) is 0 Å². The predicted octanol–water partition coefficient (Wildman–Crippen LogP) is 5.56. The number of nitrogens with zero attached hydrogens (tertiary/aromatic N) is 2. The van der Waals surface area contributed by atoms with E-state index in [0.717, 1.165) is 47.8 Å². The first-order valence-corrected chi connectivity index (χ1v) is 14.9. The largest absolute Gasteiger partial charge is 0.497 e. The predicted molar refractivity (Wildman–Crippen MR) is 164 cm³/mol. The Balaban J connectivity index is 1.80. The van der Waals surface area contributed by atoms with Crippen molar-refractivity contribution in [2.75, 3.05) is 89.0 Å². The molecule has 224 valence electrons. The number of hydrogen-bond acceptors (Lipinski definition) is 7. The summed E-state index contributed by atoms with van der Waals surface area (Å²) >= 11 is 0. The third-order valence-electron chi connectivity index (χ3n) is 6.97. The molecule has 1 atom stereocenters. The number of methoxy groups -OCH3 is 2. The van der Waals surface area contributed by atoms with Gasteiger partial charge in [-0.2, -0.15) is 0 Å². The van der Waals surface area contributed by atoms with Crippen LogP contribution in [0.25, 0.3) is 0 Å². The van der Waals surface area contributed by atoms with Gasteiger partial charge in [0.1, 0.15) is 36.8 Å². The minimum absolute atomic E-state index is 0.512. The average Bonchev–Trinajstić information content (AvgIpc) is 2.99. The highest BCUT2D eigenvalue weighted by Crippen LogP contribution is 2.42. The van der Waals surface area contributed by atoms with Gasteiger partial charge >= 0.3 is 8.60 Å². The summed E-state index contributed by atoms with van der Waals surface area (Å²) in [5.74, 6) is 1.59. The Bertz CT molecular complexity index is 1100. The van der Waals surface area contributed by atoms with Crippen LogP contribution in [-0.4, -0.2) is 98.4 Å². The van der Waals surface area contributed by atoms with E-state index >= 15 is 0 Å². The fourth-order valence-corrected chi connectivity index (χ4v) is 5.18. The first-order valence-electron chi connectivity index (χ1n) is 13.8. The zero-order valence-electron chi connectivity index (χ0n) is 25.5. The SMILES string of the molecule is COc1ccc(C(OCC[N+](C)(C)CCOP(OC)OCCN(C)C)(c2ccccc2)c2ccc(OC)cc2)cc1. The summed E-state index contributed by atoms with van der Waals surface area (Å²) in [5.41, 5.74) is 2.25. The van der Waals surface area contributed by atoms with Gasteiger partial charge in [-0.3, -0.25) is 0 Å². The maximum Gasteiger partial charge on any atom is 0.332 e. The van der Waals surface area contributed by atoms with E-state index < -0.39 is 14.2 Å². The highest BCUT2D eigenvalue weighted by Gasteiger charge is 2.38. The molecule has 0 aliphatic rings. The summed E-state index contributed by atoms with van der Waals surface area (Å²) in [6.07, 6.45) is 0. The van der Waals surface area contributed by atoms with E-state index in [0.29, 0.717) is 24.3 Å². The van der Waals surface area contributed by atoms with Gasteiger partial charge in [0.25, 0.3) is 0 Å². The van der Waals surface area contributed by atoms with Crippen LogP contribution < -0.4 is 9.47 Å². The second kappa shape index (κ2) is 16.2. The van der Waals surface area contributed by atoms with Gasteiger partial charge in [0, 0.05) is 13.7 Å². The highest BCUT2D eigenvalue weighted by atomic mass is 31.2. The molecule has 0 aliphatic heterocycles.